The third kappa shape index (κ3) is 4.33. The number of nitriles is 1. The van der Waals surface area contributed by atoms with Gasteiger partial charge in [-0.05, 0) is 49.6 Å². The van der Waals surface area contributed by atoms with Crippen molar-refractivity contribution < 1.29 is 4.79 Å². The van der Waals surface area contributed by atoms with E-state index >= 15 is 0 Å². The third-order valence-electron chi connectivity index (χ3n) is 5.28. The standard InChI is InChI=1S/C22H22N4O2S3/c1-3-10-26-21(28)15-9-11-29-19(15)25-22(26)30-13(2)18(27)24-20-16(12-23)14-7-5-4-6-8-17(14)31-20/h3,9,11,13H,1,4-8,10H2,2H3,(H,24,27). The van der Waals surface area contributed by atoms with Crippen molar-refractivity contribution in [1.29, 1.82) is 5.26 Å². The second-order valence-electron chi connectivity index (χ2n) is 7.37. The molecule has 0 spiro atoms. The number of amides is 1. The van der Waals surface area contributed by atoms with Gasteiger partial charge in [-0.2, -0.15) is 5.26 Å². The average molecular weight is 471 g/mol. The minimum Gasteiger partial charge on any atom is -0.316 e. The quantitative estimate of drug-likeness (QED) is 0.238. The highest BCUT2D eigenvalue weighted by molar-refractivity contribution is 8.00. The largest absolute Gasteiger partial charge is 0.316 e. The van der Waals surface area contributed by atoms with Gasteiger partial charge in [0, 0.05) is 11.4 Å². The fourth-order valence-corrected chi connectivity index (χ4v) is 6.65. The van der Waals surface area contributed by atoms with Crippen LogP contribution in [0.15, 0.2) is 34.1 Å². The van der Waals surface area contributed by atoms with Crippen LogP contribution < -0.4 is 10.9 Å². The second-order valence-corrected chi connectivity index (χ2v) is 10.7. The van der Waals surface area contributed by atoms with Gasteiger partial charge >= 0.3 is 0 Å². The lowest BCUT2D eigenvalue weighted by Gasteiger charge is -2.14. The Morgan fingerprint density at radius 2 is 2.26 bits per heavy atom. The number of carbonyl (C=O) groups is 1. The molecule has 1 aliphatic rings. The van der Waals surface area contributed by atoms with E-state index in [4.69, 9.17) is 0 Å². The molecule has 1 N–H and O–H groups in total. The van der Waals surface area contributed by atoms with E-state index in [1.165, 1.54) is 45.7 Å². The average Bonchev–Trinajstić information content (AvgIpc) is 3.28. The lowest BCUT2D eigenvalue weighted by Crippen LogP contribution is -2.26. The van der Waals surface area contributed by atoms with Crippen molar-refractivity contribution >= 4 is 55.6 Å². The highest BCUT2D eigenvalue weighted by Crippen LogP contribution is 2.37. The molecule has 3 heterocycles. The van der Waals surface area contributed by atoms with Crippen LogP contribution in [0.2, 0.25) is 0 Å². The monoisotopic (exact) mass is 470 g/mol. The number of thioether (sulfide) groups is 1. The maximum Gasteiger partial charge on any atom is 0.263 e. The molecule has 1 unspecified atom stereocenters. The molecule has 3 aromatic rings. The van der Waals surface area contributed by atoms with E-state index in [1.54, 1.807) is 23.6 Å². The molecule has 31 heavy (non-hydrogen) atoms. The molecule has 0 fully saturated rings. The minimum atomic E-state index is -0.492. The van der Waals surface area contributed by atoms with Crippen LogP contribution in [0.25, 0.3) is 10.2 Å². The summed E-state index contributed by atoms with van der Waals surface area (Å²) in [7, 11) is 0. The van der Waals surface area contributed by atoms with Gasteiger partial charge in [-0.1, -0.05) is 24.3 Å². The van der Waals surface area contributed by atoms with Gasteiger partial charge in [0.1, 0.15) is 15.9 Å². The van der Waals surface area contributed by atoms with Crippen molar-refractivity contribution in [1.82, 2.24) is 9.55 Å². The Hall–Kier alpha value is -2.41. The number of aromatic nitrogens is 2. The van der Waals surface area contributed by atoms with Gasteiger partial charge in [-0.25, -0.2) is 4.98 Å². The number of aryl methyl sites for hydroxylation is 1. The van der Waals surface area contributed by atoms with E-state index < -0.39 is 5.25 Å². The van der Waals surface area contributed by atoms with E-state index in [0.717, 1.165) is 31.2 Å². The molecule has 6 nitrogen and oxygen atoms in total. The summed E-state index contributed by atoms with van der Waals surface area (Å²) >= 11 is 4.17. The molecule has 0 saturated heterocycles. The van der Waals surface area contributed by atoms with E-state index in [-0.39, 0.29) is 11.5 Å². The van der Waals surface area contributed by atoms with Gasteiger partial charge in [0.2, 0.25) is 5.91 Å². The topological polar surface area (TPSA) is 87.8 Å². The maximum atomic E-state index is 13.0. The number of rotatable bonds is 6. The highest BCUT2D eigenvalue weighted by Gasteiger charge is 2.24. The summed E-state index contributed by atoms with van der Waals surface area (Å²) in [6.45, 7) is 5.84. The molecule has 0 saturated carbocycles. The molecule has 160 valence electrons. The van der Waals surface area contributed by atoms with Gasteiger partial charge in [0.15, 0.2) is 5.16 Å². The van der Waals surface area contributed by atoms with Gasteiger partial charge in [-0.15, -0.1) is 29.3 Å². The lowest BCUT2D eigenvalue weighted by molar-refractivity contribution is -0.115. The summed E-state index contributed by atoms with van der Waals surface area (Å²) < 4.78 is 1.55. The fourth-order valence-electron chi connectivity index (χ4n) is 3.68. The number of allylic oxidation sites excluding steroid dienone is 1. The summed E-state index contributed by atoms with van der Waals surface area (Å²) in [4.78, 5) is 32.3. The van der Waals surface area contributed by atoms with E-state index in [2.05, 4.69) is 22.9 Å². The molecule has 9 heteroatoms. The first-order valence-electron chi connectivity index (χ1n) is 10.1. The smallest absolute Gasteiger partial charge is 0.263 e. The lowest BCUT2D eigenvalue weighted by atomic mass is 10.1. The van der Waals surface area contributed by atoms with Gasteiger partial charge < -0.3 is 5.32 Å². The molecular formula is C22H22N4O2S3. The third-order valence-corrected chi connectivity index (χ3v) is 8.39. The molecular weight excluding hydrogens is 448 g/mol. The van der Waals surface area contributed by atoms with Crippen LogP contribution in [0.5, 0.6) is 0 Å². The number of nitrogens with zero attached hydrogens (tertiary/aromatic N) is 3. The maximum absolute atomic E-state index is 13.0. The van der Waals surface area contributed by atoms with E-state index in [1.807, 2.05) is 5.38 Å². The number of thiophene rings is 2. The van der Waals surface area contributed by atoms with Gasteiger partial charge in [0.25, 0.3) is 5.56 Å². The highest BCUT2D eigenvalue weighted by atomic mass is 32.2. The minimum absolute atomic E-state index is 0.130. The van der Waals surface area contributed by atoms with Crippen molar-refractivity contribution in [3.8, 4) is 6.07 Å². The van der Waals surface area contributed by atoms with Crippen LogP contribution >= 0.6 is 34.4 Å². The Morgan fingerprint density at radius 3 is 3.03 bits per heavy atom. The van der Waals surface area contributed by atoms with Crippen LogP contribution in [-0.4, -0.2) is 20.7 Å². The van der Waals surface area contributed by atoms with Crippen molar-refractivity contribution in [2.24, 2.45) is 0 Å². The van der Waals surface area contributed by atoms with Crippen molar-refractivity contribution in [3.05, 3.63) is 50.5 Å². The molecule has 0 aromatic carbocycles. The molecule has 1 amide bonds. The molecule has 1 aliphatic carbocycles. The van der Waals surface area contributed by atoms with Crippen molar-refractivity contribution in [3.63, 3.8) is 0 Å². The van der Waals surface area contributed by atoms with Crippen LogP contribution in [0, 0.1) is 11.3 Å². The SMILES string of the molecule is C=CCn1c(SC(C)C(=O)Nc2sc3c(c2C#N)CCCCC3)nc2sccc2c1=O. The first kappa shape index (κ1) is 21.8. The molecule has 1 atom stereocenters. The second kappa shape index (κ2) is 9.39. The Balaban J connectivity index is 1.58. The van der Waals surface area contributed by atoms with Crippen molar-refractivity contribution in [2.45, 2.75) is 56.0 Å². The summed E-state index contributed by atoms with van der Waals surface area (Å²) in [6, 6.07) is 4.06. The van der Waals surface area contributed by atoms with E-state index in [9.17, 15) is 14.9 Å². The normalized spacial score (nSPS) is 14.5. The number of nitrogens with one attached hydrogen (secondary N) is 1. The Labute approximate surface area is 192 Å². The van der Waals surface area contributed by atoms with Crippen LogP contribution in [0.4, 0.5) is 5.00 Å². The van der Waals surface area contributed by atoms with Crippen LogP contribution in [-0.2, 0) is 24.2 Å². The number of anilines is 1. The first-order chi connectivity index (χ1) is 15.0. The summed E-state index contributed by atoms with van der Waals surface area (Å²) in [5.41, 5.74) is 1.58. The Kier molecular flexibility index (Phi) is 6.60. The zero-order chi connectivity index (χ0) is 22.0. The Bertz CT molecular complexity index is 1250. The fraction of sp³-hybridized carbons (Fsp3) is 0.364. The molecule has 3 aromatic heterocycles. The molecule has 0 aliphatic heterocycles. The van der Waals surface area contributed by atoms with Gasteiger partial charge in [0.05, 0.1) is 16.2 Å². The summed E-state index contributed by atoms with van der Waals surface area (Å²) in [5.74, 6) is -0.205. The summed E-state index contributed by atoms with van der Waals surface area (Å²) in [5, 5.41) is 15.7. The van der Waals surface area contributed by atoms with Crippen LogP contribution in [0.3, 0.4) is 0 Å². The molecule has 0 radical (unpaired) electrons. The first-order valence-corrected chi connectivity index (χ1v) is 12.7. The molecule has 4 rings (SSSR count). The van der Waals surface area contributed by atoms with Gasteiger partial charge in [-0.3, -0.25) is 14.2 Å². The number of hydrogen-bond acceptors (Lipinski definition) is 7. The zero-order valence-corrected chi connectivity index (χ0v) is 19.6. The molecule has 0 bridgehead atoms. The van der Waals surface area contributed by atoms with Crippen molar-refractivity contribution in [2.75, 3.05) is 5.32 Å². The number of carbonyl (C=O) groups excluding carboxylic acids is 1. The summed E-state index contributed by atoms with van der Waals surface area (Å²) in [6.07, 6.45) is 6.88. The predicted octanol–water partition coefficient (Wildman–Crippen LogP) is 4.97. The number of hydrogen-bond donors (Lipinski definition) is 1. The predicted molar refractivity (Wildman–Crippen MR) is 128 cm³/mol. The number of fused-ring (bicyclic) bond motifs is 2. The van der Waals surface area contributed by atoms with Crippen LogP contribution in [0.1, 0.15) is 42.2 Å². The zero-order valence-electron chi connectivity index (χ0n) is 17.1. The van der Waals surface area contributed by atoms with E-state index in [0.29, 0.717) is 32.5 Å². The Morgan fingerprint density at radius 1 is 1.45 bits per heavy atom.